The minimum absolute atomic E-state index is 0.0456. The van der Waals surface area contributed by atoms with Crippen molar-refractivity contribution in [1.29, 1.82) is 0 Å². The van der Waals surface area contributed by atoms with Gasteiger partial charge in [0.2, 0.25) is 0 Å². The molecule has 0 amide bonds. The fraction of sp³-hybridized carbons (Fsp3) is 0.0714. The van der Waals surface area contributed by atoms with Gasteiger partial charge < -0.3 is 10.4 Å². The van der Waals surface area contributed by atoms with Crippen molar-refractivity contribution in [2.24, 2.45) is 0 Å². The third-order valence-corrected chi connectivity index (χ3v) is 3.13. The van der Waals surface area contributed by atoms with Crippen molar-refractivity contribution in [3.05, 3.63) is 68.7 Å². The molecule has 2 aromatic carbocycles. The molecule has 2 rings (SSSR count). The van der Waals surface area contributed by atoms with Crippen LogP contribution in [0.25, 0.3) is 0 Å². The Kier molecular flexibility index (Phi) is 4.39. The van der Waals surface area contributed by atoms with Gasteiger partial charge in [-0.1, -0.05) is 29.8 Å². The molecule has 0 spiro atoms. The second kappa shape index (κ2) is 6.23. The summed E-state index contributed by atoms with van der Waals surface area (Å²) in [6, 6.07) is 10.9. The Hall–Kier alpha value is -2.60. The lowest BCUT2D eigenvalue weighted by atomic mass is 10.1. The highest BCUT2D eigenvalue weighted by Crippen LogP contribution is 2.32. The van der Waals surface area contributed by atoms with Crippen LogP contribution in [-0.4, -0.2) is 16.0 Å². The van der Waals surface area contributed by atoms with Crippen LogP contribution in [0.3, 0.4) is 0 Å². The maximum atomic E-state index is 11.0. The summed E-state index contributed by atoms with van der Waals surface area (Å²) in [4.78, 5) is 21.3. The molecule has 0 aliphatic heterocycles. The average molecular weight is 307 g/mol. The van der Waals surface area contributed by atoms with Crippen LogP contribution >= 0.6 is 11.6 Å². The monoisotopic (exact) mass is 306 g/mol. The zero-order valence-electron chi connectivity index (χ0n) is 10.7. The fourth-order valence-electron chi connectivity index (χ4n) is 1.86. The first-order chi connectivity index (χ1) is 9.99. The van der Waals surface area contributed by atoms with Gasteiger partial charge in [-0.15, -0.1) is 0 Å². The van der Waals surface area contributed by atoms with Gasteiger partial charge in [0.05, 0.1) is 10.5 Å². The Morgan fingerprint density at radius 3 is 2.67 bits per heavy atom. The van der Waals surface area contributed by atoms with Crippen molar-refractivity contribution < 1.29 is 14.8 Å². The molecule has 0 aliphatic rings. The lowest BCUT2D eigenvalue weighted by molar-refractivity contribution is -0.383. The van der Waals surface area contributed by atoms with E-state index in [9.17, 15) is 14.9 Å². The van der Waals surface area contributed by atoms with Crippen LogP contribution < -0.4 is 5.32 Å². The Bertz CT molecular complexity index is 703. The number of rotatable bonds is 5. The van der Waals surface area contributed by atoms with Gasteiger partial charge in [-0.25, -0.2) is 4.79 Å². The molecule has 2 N–H and O–H groups in total. The van der Waals surface area contributed by atoms with Gasteiger partial charge in [0.1, 0.15) is 10.7 Å². The van der Waals surface area contributed by atoms with Gasteiger partial charge >= 0.3 is 11.7 Å². The van der Waals surface area contributed by atoms with E-state index in [0.717, 1.165) is 0 Å². The number of hydrogen-bond donors (Lipinski definition) is 2. The highest BCUT2D eigenvalue weighted by molar-refractivity contribution is 6.33. The topological polar surface area (TPSA) is 92.5 Å². The molecule has 0 heterocycles. The predicted molar refractivity (Wildman–Crippen MR) is 78.8 cm³/mol. The molecule has 0 aromatic heterocycles. The predicted octanol–water partition coefficient (Wildman–Crippen LogP) is 3.56. The van der Waals surface area contributed by atoms with E-state index in [1.807, 2.05) is 0 Å². The van der Waals surface area contributed by atoms with E-state index >= 15 is 0 Å². The number of carbonyl (C=O) groups is 1. The van der Waals surface area contributed by atoms with Crippen LogP contribution in [0, 0.1) is 10.1 Å². The first-order valence-corrected chi connectivity index (χ1v) is 6.36. The van der Waals surface area contributed by atoms with Crippen LogP contribution in [0.15, 0.2) is 42.5 Å². The zero-order valence-corrected chi connectivity index (χ0v) is 11.5. The average Bonchev–Trinajstić information content (AvgIpc) is 2.45. The van der Waals surface area contributed by atoms with E-state index in [1.165, 1.54) is 18.2 Å². The van der Waals surface area contributed by atoms with E-state index < -0.39 is 10.9 Å². The molecule has 21 heavy (non-hydrogen) atoms. The molecule has 7 heteroatoms. The summed E-state index contributed by atoms with van der Waals surface area (Å²) in [6.45, 7) is 0.252. The Labute approximate surface area is 125 Å². The molecule has 0 saturated heterocycles. The molecule has 108 valence electrons. The van der Waals surface area contributed by atoms with Gasteiger partial charge in [0.25, 0.3) is 0 Å². The van der Waals surface area contributed by atoms with Gasteiger partial charge in [-0.05, 0) is 29.8 Å². The van der Waals surface area contributed by atoms with Crippen LogP contribution in [0.5, 0.6) is 0 Å². The van der Waals surface area contributed by atoms with Crippen LogP contribution in [0.1, 0.15) is 15.9 Å². The molecular formula is C14H11ClN2O4. The van der Waals surface area contributed by atoms with Crippen LogP contribution in [-0.2, 0) is 6.54 Å². The molecule has 0 saturated carbocycles. The van der Waals surface area contributed by atoms with Crippen LogP contribution in [0.2, 0.25) is 5.02 Å². The summed E-state index contributed by atoms with van der Waals surface area (Å²) in [6.07, 6.45) is 0. The summed E-state index contributed by atoms with van der Waals surface area (Å²) in [7, 11) is 0. The van der Waals surface area contributed by atoms with E-state index in [1.54, 1.807) is 24.3 Å². The Morgan fingerprint density at radius 2 is 2.00 bits per heavy atom. The number of benzene rings is 2. The fourth-order valence-corrected chi connectivity index (χ4v) is 2.10. The maximum Gasteiger partial charge on any atom is 0.335 e. The number of anilines is 1. The van der Waals surface area contributed by atoms with Crippen molar-refractivity contribution in [2.75, 3.05) is 5.32 Å². The quantitative estimate of drug-likeness (QED) is 0.651. The Balaban J connectivity index is 2.21. The van der Waals surface area contributed by atoms with Gasteiger partial charge in [-0.3, -0.25) is 10.1 Å². The highest BCUT2D eigenvalue weighted by atomic mass is 35.5. The number of nitrogens with zero attached hydrogens (tertiary/aromatic N) is 1. The first-order valence-electron chi connectivity index (χ1n) is 5.98. The normalized spacial score (nSPS) is 10.1. The lowest BCUT2D eigenvalue weighted by Crippen LogP contribution is -2.04. The largest absolute Gasteiger partial charge is 0.478 e. The molecule has 0 bridgehead atoms. The first kappa shape index (κ1) is 14.8. The van der Waals surface area contributed by atoms with Crippen molar-refractivity contribution in [3.63, 3.8) is 0 Å². The summed E-state index contributed by atoms with van der Waals surface area (Å²) in [5.74, 6) is -1.02. The van der Waals surface area contributed by atoms with E-state index in [0.29, 0.717) is 5.56 Å². The van der Waals surface area contributed by atoms with Crippen molar-refractivity contribution in [1.82, 2.24) is 0 Å². The summed E-state index contributed by atoms with van der Waals surface area (Å²) < 4.78 is 0. The number of aromatic carboxylic acids is 1. The standard InChI is InChI=1S/C14H11ClN2O4/c15-11-5-2-6-12(13(11)17(20)21)16-8-9-3-1-4-10(7-9)14(18)19/h1-7,16H,8H2,(H,18,19). The summed E-state index contributed by atoms with van der Waals surface area (Å²) in [5.41, 5.74) is 0.945. The van der Waals surface area contributed by atoms with E-state index in [4.69, 9.17) is 16.7 Å². The number of nitro benzene ring substituents is 1. The number of carboxylic acid groups (broad SMARTS) is 1. The van der Waals surface area contributed by atoms with Gasteiger partial charge in [0, 0.05) is 6.54 Å². The SMILES string of the molecule is O=C(O)c1cccc(CNc2cccc(Cl)c2[N+](=O)[O-])c1. The third kappa shape index (κ3) is 3.49. The Morgan fingerprint density at radius 1 is 1.29 bits per heavy atom. The lowest BCUT2D eigenvalue weighted by Gasteiger charge is -2.08. The minimum atomic E-state index is -1.02. The molecule has 6 nitrogen and oxygen atoms in total. The minimum Gasteiger partial charge on any atom is -0.478 e. The number of nitrogens with one attached hydrogen (secondary N) is 1. The maximum absolute atomic E-state index is 11.0. The number of hydrogen-bond acceptors (Lipinski definition) is 4. The molecule has 0 radical (unpaired) electrons. The summed E-state index contributed by atoms with van der Waals surface area (Å²) in [5, 5.41) is 22.9. The van der Waals surface area contributed by atoms with Crippen molar-refractivity contribution in [3.8, 4) is 0 Å². The molecule has 2 aromatic rings. The smallest absolute Gasteiger partial charge is 0.335 e. The van der Waals surface area contributed by atoms with Crippen LogP contribution in [0.4, 0.5) is 11.4 Å². The second-order valence-electron chi connectivity index (χ2n) is 4.25. The molecule has 0 atom stereocenters. The zero-order chi connectivity index (χ0) is 15.4. The van der Waals surface area contributed by atoms with Crippen molar-refractivity contribution >= 4 is 28.9 Å². The number of carboxylic acids is 1. The third-order valence-electron chi connectivity index (χ3n) is 2.83. The van der Waals surface area contributed by atoms with E-state index in [-0.39, 0.29) is 28.5 Å². The molecule has 0 aliphatic carbocycles. The summed E-state index contributed by atoms with van der Waals surface area (Å²) >= 11 is 5.81. The number of para-hydroxylation sites is 1. The number of halogens is 1. The van der Waals surface area contributed by atoms with Gasteiger partial charge in [-0.2, -0.15) is 0 Å². The highest BCUT2D eigenvalue weighted by Gasteiger charge is 2.17. The van der Waals surface area contributed by atoms with Crippen molar-refractivity contribution in [2.45, 2.75) is 6.54 Å². The molecule has 0 unspecified atom stereocenters. The number of nitro groups is 1. The van der Waals surface area contributed by atoms with E-state index in [2.05, 4.69) is 5.32 Å². The molecule has 0 fully saturated rings. The second-order valence-corrected chi connectivity index (χ2v) is 4.66. The van der Waals surface area contributed by atoms with Gasteiger partial charge in [0.15, 0.2) is 0 Å². The molecular weight excluding hydrogens is 296 g/mol.